The van der Waals surface area contributed by atoms with E-state index in [0.29, 0.717) is 64.0 Å². The number of ketones is 6. The van der Waals surface area contributed by atoms with Crippen molar-refractivity contribution in [1.29, 1.82) is 0 Å². The Morgan fingerprint density at radius 2 is 0.629 bits per heavy atom. The van der Waals surface area contributed by atoms with Crippen LogP contribution in [0.4, 0.5) is 0 Å². The summed E-state index contributed by atoms with van der Waals surface area (Å²) in [5, 5.41) is 0.139. The summed E-state index contributed by atoms with van der Waals surface area (Å²) in [5.41, 5.74) is 2.28. The Kier molecular flexibility index (Phi) is 77.2. The topological polar surface area (TPSA) is 102 Å². The minimum atomic E-state index is 0.139. The molecule has 0 aromatic heterocycles. The summed E-state index contributed by atoms with van der Waals surface area (Å²) < 4.78 is 2.81. The van der Waals surface area contributed by atoms with E-state index in [2.05, 4.69) is 316 Å². The van der Waals surface area contributed by atoms with Crippen LogP contribution in [0.5, 0.6) is 0 Å². The van der Waals surface area contributed by atoms with E-state index in [9.17, 15) is 28.8 Å². The van der Waals surface area contributed by atoms with E-state index < -0.39 is 0 Å². The number of hydrogen-bond donors (Lipinski definition) is 0. The molecule has 2 aromatic rings. The third kappa shape index (κ3) is 153. The van der Waals surface area contributed by atoms with Crippen molar-refractivity contribution < 1.29 is 28.8 Å². The number of unbranched alkanes of at least 4 members (excludes halogenated alkanes) is 3. The molecular weight excluding hydrogens is 1470 g/mol. The molecule has 0 aliphatic heterocycles. The summed E-state index contributed by atoms with van der Waals surface area (Å²) in [7, 11) is 0. The van der Waals surface area contributed by atoms with Crippen LogP contribution in [0.3, 0.4) is 0 Å². The number of rotatable bonds is 24. The summed E-state index contributed by atoms with van der Waals surface area (Å²) in [4.78, 5) is 64.6. The maximum absolute atomic E-state index is 10.8. The average Bonchev–Trinajstić information content (AvgIpc) is 0.921. The summed E-state index contributed by atoms with van der Waals surface area (Å²) >= 11 is 16.6. The van der Waals surface area contributed by atoms with Crippen LogP contribution in [0.15, 0.2) is 65.6 Å². The van der Waals surface area contributed by atoms with E-state index in [1.54, 1.807) is 88.6 Å². The Bertz CT molecular complexity index is 2250. The van der Waals surface area contributed by atoms with Gasteiger partial charge in [-0.3, -0.25) is 24.0 Å². The molecule has 2 rings (SSSR count). The molecular formula is C90H174O6S9. The molecule has 624 valence electrons. The van der Waals surface area contributed by atoms with Gasteiger partial charge in [0.15, 0.2) is 0 Å². The number of benzene rings is 2. The predicted octanol–water partition coefficient (Wildman–Crippen LogP) is 30.9. The Labute approximate surface area is 695 Å². The molecule has 0 spiro atoms. The Morgan fingerprint density at radius 3 is 0.848 bits per heavy atom. The summed E-state index contributed by atoms with van der Waals surface area (Å²) in [6.45, 7) is 90.7. The molecule has 0 saturated carbocycles. The highest BCUT2D eigenvalue weighted by atomic mass is 32.2. The number of Topliss-reactive ketones (excluding diaryl/α,β-unsaturated/α-hetero) is 6. The smallest absolute Gasteiger partial charge is 0.142 e. The summed E-state index contributed by atoms with van der Waals surface area (Å²) in [6.07, 6.45) is 11.9. The first-order valence-corrected chi connectivity index (χ1v) is 47.3. The average molecular weight is 1640 g/mol. The van der Waals surface area contributed by atoms with Crippen LogP contribution < -0.4 is 0 Å². The van der Waals surface area contributed by atoms with Crippen LogP contribution in [0.2, 0.25) is 0 Å². The van der Waals surface area contributed by atoms with E-state index in [0.717, 1.165) is 24.3 Å². The Balaban J connectivity index is -0.000000138. The maximum atomic E-state index is 10.8. The van der Waals surface area contributed by atoms with Gasteiger partial charge in [0, 0.05) is 72.0 Å². The zero-order valence-corrected chi connectivity index (χ0v) is 84.3. The van der Waals surface area contributed by atoms with Crippen LogP contribution in [0, 0.1) is 10.8 Å². The third-order valence-corrected chi connectivity index (χ3v) is 23.6. The van der Waals surface area contributed by atoms with E-state index in [1.165, 1.54) is 66.9 Å². The van der Waals surface area contributed by atoms with Gasteiger partial charge in [-0.25, -0.2) is 0 Å². The number of carbonyl (C=O) groups is 6. The molecule has 0 aliphatic rings. The summed E-state index contributed by atoms with van der Waals surface area (Å²) in [5.74, 6) is 8.24. The quantitative estimate of drug-likeness (QED) is 0.0735. The molecule has 0 heterocycles. The van der Waals surface area contributed by atoms with Gasteiger partial charge >= 0.3 is 0 Å². The van der Waals surface area contributed by atoms with Crippen LogP contribution >= 0.6 is 106 Å². The van der Waals surface area contributed by atoms with E-state index in [-0.39, 0.29) is 53.2 Å². The predicted molar refractivity (Wildman–Crippen MR) is 506 cm³/mol. The lowest BCUT2D eigenvalue weighted by atomic mass is 9.90. The Hall–Kier alpha value is -0.390. The van der Waals surface area contributed by atoms with E-state index in [1.807, 2.05) is 60.0 Å². The van der Waals surface area contributed by atoms with Crippen LogP contribution in [0.1, 0.15) is 367 Å². The van der Waals surface area contributed by atoms with Crippen molar-refractivity contribution in [1.82, 2.24) is 0 Å². The fraction of sp³-hybridized carbons (Fsp3) is 0.800. The highest BCUT2D eigenvalue weighted by Crippen LogP contribution is 2.33. The zero-order chi connectivity index (χ0) is 85.2. The second-order valence-corrected chi connectivity index (χ2v) is 54.7. The number of hydrogen-bond acceptors (Lipinski definition) is 15. The van der Waals surface area contributed by atoms with Crippen LogP contribution in [-0.2, 0) is 34.5 Å². The van der Waals surface area contributed by atoms with Gasteiger partial charge in [0.25, 0.3) is 0 Å². The lowest BCUT2D eigenvalue weighted by Crippen LogP contribution is -2.18. The van der Waals surface area contributed by atoms with Crippen molar-refractivity contribution in [3.8, 4) is 0 Å². The molecule has 15 heteroatoms. The molecule has 2 aromatic carbocycles. The molecule has 0 amide bonds. The molecule has 1 atom stereocenters. The van der Waals surface area contributed by atoms with E-state index in [4.69, 9.17) is 0 Å². The highest BCUT2D eigenvalue weighted by Gasteiger charge is 2.19. The normalized spacial score (nSPS) is 12.0. The molecule has 0 saturated heterocycles. The highest BCUT2D eigenvalue weighted by molar-refractivity contribution is 8.02. The van der Waals surface area contributed by atoms with Crippen LogP contribution in [0.25, 0.3) is 0 Å². The molecule has 105 heavy (non-hydrogen) atoms. The van der Waals surface area contributed by atoms with Gasteiger partial charge in [0.1, 0.15) is 34.7 Å². The molecule has 0 radical (unpaired) electrons. The molecule has 0 bridgehead atoms. The van der Waals surface area contributed by atoms with Gasteiger partial charge in [-0.2, -0.15) is 47.0 Å². The lowest BCUT2D eigenvalue weighted by molar-refractivity contribution is -0.118. The first-order valence-electron chi connectivity index (χ1n) is 38.7. The fourth-order valence-electron chi connectivity index (χ4n) is 6.17. The van der Waals surface area contributed by atoms with Gasteiger partial charge in [-0.1, -0.05) is 323 Å². The minimum absolute atomic E-state index is 0.139. The van der Waals surface area contributed by atoms with Crippen molar-refractivity contribution in [2.75, 3.05) is 34.5 Å². The largest absolute Gasteiger partial charge is 0.300 e. The van der Waals surface area contributed by atoms with Crippen molar-refractivity contribution in [2.24, 2.45) is 10.8 Å². The van der Waals surface area contributed by atoms with Crippen molar-refractivity contribution in [3.63, 3.8) is 0 Å². The fourth-order valence-corrected chi connectivity index (χ4v) is 14.0. The van der Waals surface area contributed by atoms with Crippen molar-refractivity contribution >= 4 is 141 Å². The van der Waals surface area contributed by atoms with Crippen molar-refractivity contribution in [3.05, 3.63) is 66.2 Å². The van der Waals surface area contributed by atoms with Crippen LogP contribution in [-0.4, -0.2) is 117 Å². The SMILES string of the molecule is CC(=O)C(C)SC(C)(C)C.CC(=O)CCC(C)(C)C.CC(=O)CCSC(C)(C)C.CC(=O)CSC(C)(C)C.CC(=O)CSC(C)(C)C.CC(=O)CSC(C)(C)C.CC(C)(C)SCc1ccccc1.CC(C)(C)Sc1ccccc1.CCCCCC(C)(C)C.CCCCSC(C)(C)C.CCCSC(C)(C)C. The minimum Gasteiger partial charge on any atom is -0.300 e. The van der Waals surface area contributed by atoms with E-state index >= 15 is 0 Å². The second-order valence-electron chi connectivity index (χ2n) is 37.7. The first kappa shape index (κ1) is 123. The van der Waals surface area contributed by atoms with Crippen molar-refractivity contribution in [2.45, 2.75) is 421 Å². The molecule has 0 N–H and O–H groups in total. The standard InChI is InChI=1S/C11H16S.C10H14S.C9H20.2C8H16OS.C8H16O.C8H18S.3C7H14OS.C7H16S/c1-11(2,3)12-9-10-7-5-4-6-8-10;1-10(2,3)11-9-7-5-4-6-8-9;1-5-6-7-8-9(2,3)4;1-7(9)5-6-10-8(2,3)4;1-6(9)7(2)10-8(3,4)5;1-7(9)5-6-8(2,3)4;1-5-6-7-9-8(2,3)4;3*1-6(8)5-9-7(2,3)4;1-5-6-8-7(2,3)4/h4-8H,9H2,1-3H3;4-8H,1-3H3;5-8H2,1-4H3;5-6H2,1-4H3;7H,1-5H3;5-6H2,1-4H3;5-7H2,1-4H3;3*5H2,1-4H3;5-6H2,1-4H3. The molecule has 0 aliphatic carbocycles. The van der Waals surface area contributed by atoms with Gasteiger partial charge in [0.05, 0.1) is 22.5 Å². The third-order valence-electron chi connectivity index (χ3n) is 11.4. The zero-order valence-electron chi connectivity index (χ0n) is 77.0. The molecule has 6 nitrogen and oxygen atoms in total. The first-order chi connectivity index (χ1) is 46.7. The summed E-state index contributed by atoms with van der Waals surface area (Å²) in [6, 6.07) is 21.1. The van der Waals surface area contributed by atoms with Gasteiger partial charge in [-0.15, -0.1) is 58.8 Å². The monoisotopic (exact) mass is 1640 g/mol. The van der Waals surface area contributed by atoms with Gasteiger partial charge < -0.3 is 4.79 Å². The Morgan fingerprint density at radius 1 is 0.314 bits per heavy atom. The number of carbonyl (C=O) groups excluding carboxylic acids is 6. The number of thioether (sulfide) groups is 9. The van der Waals surface area contributed by atoms with Gasteiger partial charge in [0.2, 0.25) is 0 Å². The second kappa shape index (κ2) is 66.0. The lowest BCUT2D eigenvalue weighted by Gasteiger charge is -2.20. The van der Waals surface area contributed by atoms with Gasteiger partial charge in [-0.05, 0) is 114 Å². The molecule has 1 unspecified atom stereocenters. The molecule has 0 fully saturated rings. The maximum Gasteiger partial charge on any atom is 0.142 e.